The zero-order chi connectivity index (χ0) is 13.8. The molecule has 1 N–H and O–H groups in total. The Morgan fingerprint density at radius 2 is 2.10 bits per heavy atom. The van der Waals surface area contributed by atoms with E-state index in [4.69, 9.17) is 4.74 Å². The van der Waals surface area contributed by atoms with Gasteiger partial charge < -0.3 is 10.1 Å². The molecule has 108 valence electrons. The highest BCUT2D eigenvalue weighted by Crippen LogP contribution is 2.29. The Balaban J connectivity index is 1.78. The highest BCUT2D eigenvalue weighted by Gasteiger charge is 2.24. The molecule has 3 rings (SSSR count). The van der Waals surface area contributed by atoms with Crippen LogP contribution in [0, 0.1) is 5.92 Å². The summed E-state index contributed by atoms with van der Waals surface area (Å²) in [6.45, 7) is 5.11. The van der Waals surface area contributed by atoms with E-state index in [9.17, 15) is 0 Å². The van der Waals surface area contributed by atoms with Gasteiger partial charge in [0.2, 0.25) is 0 Å². The fourth-order valence-corrected chi connectivity index (χ4v) is 4.19. The lowest BCUT2D eigenvalue weighted by Gasteiger charge is -2.31. The number of thiophene rings is 1. The van der Waals surface area contributed by atoms with Gasteiger partial charge in [-0.15, -0.1) is 11.3 Å². The Bertz CT molecular complexity index is 545. The molecule has 2 nitrogen and oxygen atoms in total. The van der Waals surface area contributed by atoms with Crippen LogP contribution in [-0.2, 0) is 11.2 Å². The van der Waals surface area contributed by atoms with Crippen molar-refractivity contribution in [2.24, 2.45) is 5.92 Å². The largest absolute Gasteiger partial charge is 0.381 e. The van der Waals surface area contributed by atoms with Crippen molar-refractivity contribution in [3.05, 3.63) is 35.2 Å². The Labute approximate surface area is 125 Å². The molecule has 0 amide bonds. The van der Waals surface area contributed by atoms with E-state index in [-0.39, 0.29) is 0 Å². The third-order valence-corrected chi connectivity index (χ3v) is 5.31. The van der Waals surface area contributed by atoms with Crippen molar-refractivity contribution < 1.29 is 4.74 Å². The summed E-state index contributed by atoms with van der Waals surface area (Å²) in [6, 6.07) is 9.34. The lowest BCUT2D eigenvalue weighted by molar-refractivity contribution is 0.0540. The van der Waals surface area contributed by atoms with Gasteiger partial charge in [0.05, 0.1) is 0 Å². The van der Waals surface area contributed by atoms with Crippen LogP contribution in [0.25, 0.3) is 10.1 Å². The quantitative estimate of drug-likeness (QED) is 0.903. The van der Waals surface area contributed by atoms with Crippen molar-refractivity contribution in [2.75, 3.05) is 19.8 Å². The smallest absolute Gasteiger partial charge is 0.0469 e. The van der Waals surface area contributed by atoms with Crippen LogP contribution in [0.4, 0.5) is 0 Å². The van der Waals surface area contributed by atoms with E-state index in [1.165, 1.54) is 28.5 Å². The molecule has 1 aliphatic heterocycles. The van der Waals surface area contributed by atoms with Gasteiger partial charge in [-0.3, -0.25) is 0 Å². The van der Waals surface area contributed by atoms with E-state index in [1.807, 2.05) is 11.3 Å². The second-order valence-corrected chi connectivity index (χ2v) is 6.49. The first-order chi connectivity index (χ1) is 9.88. The van der Waals surface area contributed by atoms with E-state index in [0.29, 0.717) is 6.04 Å². The van der Waals surface area contributed by atoms with Gasteiger partial charge in [0, 0.05) is 24.0 Å². The highest BCUT2D eigenvalue weighted by atomic mass is 32.1. The summed E-state index contributed by atoms with van der Waals surface area (Å²) in [5.41, 5.74) is 1.50. The molecular formula is C17H23NOS. The molecule has 0 saturated carbocycles. The van der Waals surface area contributed by atoms with Crippen LogP contribution in [0.1, 0.15) is 25.3 Å². The summed E-state index contributed by atoms with van der Waals surface area (Å²) in [4.78, 5) is 0. The summed E-state index contributed by atoms with van der Waals surface area (Å²) >= 11 is 1.87. The Morgan fingerprint density at radius 3 is 2.90 bits per heavy atom. The van der Waals surface area contributed by atoms with E-state index in [2.05, 4.69) is 41.9 Å². The number of rotatable bonds is 5. The van der Waals surface area contributed by atoms with Crippen LogP contribution in [0.2, 0.25) is 0 Å². The van der Waals surface area contributed by atoms with Crippen molar-refractivity contribution in [1.82, 2.24) is 5.32 Å². The van der Waals surface area contributed by atoms with Crippen molar-refractivity contribution >= 4 is 21.4 Å². The predicted octanol–water partition coefficient (Wildman–Crippen LogP) is 3.85. The molecule has 1 aromatic carbocycles. The number of hydrogen-bond acceptors (Lipinski definition) is 3. The average Bonchev–Trinajstić information content (AvgIpc) is 2.91. The molecule has 1 fully saturated rings. The maximum Gasteiger partial charge on any atom is 0.0469 e. The van der Waals surface area contributed by atoms with Crippen molar-refractivity contribution in [3.8, 4) is 0 Å². The fourth-order valence-electron chi connectivity index (χ4n) is 3.21. The van der Waals surface area contributed by atoms with Crippen LogP contribution in [0.3, 0.4) is 0 Å². The summed E-state index contributed by atoms with van der Waals surface area (Å²) < 4.78 is 6.91. The van der Waals surface area contributed by atoms with Gasteiger partial charge in [-0.25, -0.2) is 0 Å². The first kappa shape index (κ1) is 14.1. The first-order valence-electron chi connectivity index (χ1n) is 7.64. The van der Waals surface area contributed by atoms with E-state index in [0.717, 1.165) is 32.1 Å². The number of nitrogens with one attached hydrogen (secondary N) is 1. The van der Waals surface area contributed by atoms with E-state index >= 15 is 0 Å². The van der Waals surface area contributed by atoms with Crippen LogP contribution < -0.4 is 5.32 Å². The molecule has 1 aromatic heterocycles. The van der Waals surface area contributed by atoms with Crippen LogP contribution in [0.15, 0.2) is 29.6 Å². The van der Waals surface area contributed by atoms with Gasteiger partial charge in [-0.1, -0.05) is 25.1 Å². The van der Waals surface area contributed by atoms with Crippen LogP contribution in [0.5, 0.6) is 0 Å². The second kappa shape index (κ2) is 6.70. The summed E-state index contributed by atoms with van der Waals surface area (Å²) in [6.07, 6.45) is 3.53. The monoisotopic (exact) mass is 289 g/mol. The molecule has 2 aromatic rings. The third-order valence-electron chi connectivity index (χ3n) is 4.30. The van der Waals surface area contributed by atoms with Gasteiger partial charge in [0.25, 0.3) is 0 Å². The molecule has 0 spiro atoms. The fraction of sp³-hybridized carbons (Fsp3) is 0.529. The average molecular weight is 289 g/mol. The van der Waals surface area contributed by atoms with Crippen molar-refractivity contribution in [3.63, 3.8) is 0 Å². The maximum absolute atomic E-state index is 5.51. The number of fused-ring (bicyclic) bond motifs is 1. The topological polar surface area (TPSA) is 21.3 Å². The Morgan fingerprint density at radius 1 is 1.30 bits per heavy atom. The van der Waals surface area contributed by atoms with Gasteiger partial charge in [-0.05, 0) is 54.1 Å². The molecule has 3 heteroatoms. The van der Waals surface area contributed by atoms with Gasteiger partial charge >= 0.3 is 0 Å². The minimum Gasteiger partial charge on any atom is -0.381 e. The Hall–Kier alpha value is -0.900. The van der Waals surface area contributed by atoms with Gasteiger partial charge in [-0.2, -0.15) is 0 Å². The second-order valence-electron chi connectivity index (χ2n) is 5.58. The highest BCUT2D eigenvalue weighted by molar-refractivity contribution is 7.17. The van der Waals surface area contributed by atoms with Gasteiger partial charge in [0.1, 0.15) is 0 Å². The standard InChI is InChI=1S/C17H23NOS/c1-2-18-16(13-7-9-19-10-8-13)11-14-12-20-17-6-4-3-5-15(14)17/h3-6,12-13,16,18H,2,7-11H2,1H3. The molecule has 1 saturated heterocycles. The molecule has 1 atom stereocenters. The summed E-state index contributed by atoms with van der Waals surface area (Å²) in [7, 11) is 0. The van der Waals surface area contributed by atoms with Gasteiger partial charge in [0.15, 0.2) is 0 Å². The number of ether oxygens (including phenoxy) is 1. The minimum absolute atomic E-state index is 0.585. The predicted molar refractivity (Wildman–Crippen MR) is 86.5 cm³/mol. The molecular weight excluding hydrogens is 266 g/mol. The minimum atomic E-state index is 0.585. The molecule has 20 heavy (non-hydrogen) atoms. The Kier molecular flexibility index (Phi) is 4.71. The molecule has 0 bridgehead atoms. The van der Waals surface area contributed by atoms with Crippen LogP contribution in [-0.4, -0.2) is 25.8 Å². The van der Waals surface area contributed by atoms with E-state index < -0.39 is 0 Å². The van der Waals surface area contributed by atoms with Crippen molar-refractivity contribution in [2.45, 2.75) is 32.2 Å². The number of likely N-dealkylation sites (N-methyl/N-ethyl adjacent to an activating group) is 1. The summed E-state index contributed by atoms with van der Waals surface area (Å²) in [5.74, 6) is 0.752. The molecule has 0 radical (unpaired) electrons. The van der Waals surface area contributed by atoms with Crippen LogP contribution >= 0.6 is 11.3 Å². The zero-order valence-electron chi connectivity index (χ0n) is 12.1. The van der Waals surface area contributed by atoms with E-state index in [1.54, 1.807) is 0 Å². The molecule has 1 unspecified atom stereocenters. The molecule has 2 heterocycles. The third kappa shape index (κ3) is 3.05. The molecule has 0 aliphatic carbocycles. The number of hydrogen-bond donors (Lipinski definition) is 1. The molecule has 1 aliphatic rings. The number of benzene rings is 1. The normalized spacial score (nSPS) is 18.4. The lowest BCUT2D eigenvalue weighted by atomic mass is 9.87. The summed E-state index contributed by atoms with van der Waals surface area (Å²) in [5, 5.41) is 7.48. The SMILES string of the molecule is CCNC(Cc1csc2ccccc12)C1CCOCC1. The maximum atomic E-state index is 5.51. The zero-order valence-corrected chi connectivity index (χ0v) is 12.9. The van der Waals surface area contributed by atoms with Crippen molar-refractivity contribution in [1.29, 1.82) is 0 Å². The lowest BCUT2D eigenvalue weighted by Crippen LogP contribution is -2.40. The first-order valence-corrected chi connectivity index (χ1v) is 8.52.